The second-order valence-corrected chi connectivity index (χ2v) is 3.59. The van der Waals surface area contributed by atoms with E-state index in [1.807, 2.05) is 27.0 Å². The first kappa shape index (κ1) is 14.8. The standard InChI is InChI=1S/C12H18N2.C2H6/c1-4-13-14-9-11(3)12-7-5-10(2)6-8-12;1-2/h5,7,9H,4,6,8H2,1-3H3;1-2H3/b11-9+,14-13?;. The molecule has 1 rings (SSSR count). The van der Waals surface area contributed by atoms with Crippen molar-refractivity contribution in [2.75, 3.05) is 6.54 Å². The highest BCUT2D eigenvalue weighted by atomic mass is 15.1. The average Bonchev–Trinajstić information content (AvgIpc) is 2.33. The molecule has 0 fully saturated rings. The Morgan fingerprint density at radius 1 is 1.31 bits per heavy atom. The Balaban J connectivity index is 0.00000106. The maximum Gasteiger partial charge on any atom is 0.0574 e. The van der Waals surface area contributed by atoms with E-state index in [1.165, 1.54) is 23.1 Å². The number of rotatable bonds is 3. The van der Waals surface area contributed by atoms with Gasteiger partial charge in [-0.2, -0.15) is 10.2 Å². The highest BCUT2D eigenvalue weighted by molar-refractivity contribution is 5.36. The van der Waals surface area contributed by atoms with E-state index < -0.39 is 0 Å². The third-order valence-corrected chi connectivity index (χ3v) is 2.34. The molecule has 0 aromatic heterocycles. The molecule has 16 heavy (non-hydrogen) atoms. The van der Waals surface area contributed by atoms with Gasteiger partial charge >= 0.3 is 0 Å². The topological polar surface area (TPSA) is 24.7 Å². The number of allylic oxidation sites excluding steroid dienone is 5. The normalized spacial score (nSPS) is 16.4. The first-order chi connectivity index (χ1) is 7.74. The van der Waals surface area contributed by atoms with Gasteiger partial charge in [-0.05, 0) is 44.8 Å². The minimum Gasteiger partial charge on any atom is -0.190 e. The Morgan fingerprint density at radius 3 is 2.50 bits per heavy atom. The molecule has 0 bridgehead atoms. The summed E-state index contributed by atoms with van der Waals surface area (Å²) in [5.74, 6) is 0. The molecule has 0 N–H and O–H groups in total. The van der Waals surface area contributed by atoms with Crippen molar-refractivity contribution in [3.05, 3.63) is 35.1 Å². The maximum absolute atomic E-state index is 3.99. The highest BCUT2D eigenvalue weighted by Crippen LogP contribution is 2.23. The summed E-state index contributed by atoms with van der Waals surface area (Å²) in [5.41, 5.74) is 4.06. The lowest BCUT2D eigenvalue weighted by Gasteiger charge is -2.11. The SMILES string of the molecule is CC.CCN=N/C=C(\C)C1=CC=C(C)CC1. The Bertz CT molecular complexity index is 307. The molecule has 90 valence electrons. The predicted octanol–water partition coefficient (Wildman–Crippen LogP) is 5.06. The summed E-state index contributed by atoms with van der Waals surface area (Å²) in [4.78, 5) is 0. The van der Waals surface area contributed by atoms with E-state index in [9.17, 15) is 0 Å². The minimum atomic E-state index is 0.752. The Hall–Kier alpha value is -1.18. The Kier molecular flexibility index (Phi) is 8.41. The van der Waals surface area contributed by atoms with Crippen molar-refractivity contribution < 1.29 is 0 Å². The third-order valence-electron chi connectivity index (χ3n) is 2.34. The van der Waals surface area contributed by atoms with Crippen LogP contribution in [0.4, 0.5) is 0 Å². The van der Waals surface area contributed by atoms with Crippen LogP contribution in [0.1, 0.15) is 47.5 Å². The van der Waals surface area contributed by atoms with Crippen LogP contribution in [0.2, 0.25) is 0 Å². The number of nitrogens with zero attached hydrogens (tertiary/aromatic N) is 2. The molecule has 0 aromatic rings. The quantitative estimate of drug-likeness (QED) is 0.594. The lowest BCUT2D eigenvalue weighted by Crippen LogP contribution is -1.92. The van der Waals surface area contributed by atoms with Gasteiger partial charge in [-0.25, -0.2) is 0 Å². The van der Waals surface area contributed by atoms with Gasteiger partial charge in [-0.15, -0.1) is 0 Å². The van der Waals surface area contributed by atoms with E-state index in [0.717, 1.165) is 13.0 Å². The van der Waals surface area contributed by atoms with E-state index in [0.29, 0.717) is 0 Å². The smallest absolute Gasteiger partial charge is 0.0574 e. The summed E-state index contributed by atoms with van der Waals surface area (Å²) in [6.45, 7) is 11.0. The zero-order valence-corrected chi connectivity index (χ0v) is 11.2. The molecular formula is C14H24N2. The first-order valence-electron chi connectivity index (χ1n) is 6.14. The first-order valence-corrected chi connectivity index (χ1v) is 6.14. The summed E-state index contributed by atoms with van der Waals surface area (Å²) in [5, 5.41) is 7.91. The third kappa shape index (κ3) is 5.64. The average molecular weight is 220 g/mol. The van der Waals surface area contributed by atoms with Crippen LogP contribution in [0.5, 0.6) is 0 Å². The van der Waals surface area contributed by atoms with Crippen molar-refractivity contribution in [3.8, 4) is 0 Å². The van der Waals surface area contributed by atoms with Gasteiger partial charge in [-0.3, -0.25) is 0 Å². The molecule has 1 aliphatic rings. The van der Waals surface area contributed by atoms with Gasteiger partial charge < -0.3 is 0 Å². The lowest BCUT2D eigenvalue weighted by molar-refractivity contribution is 0.907. The van der Waals surface area contributed by atoms with Crippen molar-refractivity contribution in [1.29, 1.82) is 0 Å². The van der Waals surface area contributed by atoms with Crippen LogP contribution in [0.25, 0.3) is 0 Å². The van der Waals surface area contributed by atoms with Crippen LogP contribution in [-0.4, -0.2) is 6.54 Å². The molecule has 0 aliphatic heterocycles. The molecule has 0 spiro atoms. The van der Waals surface area contributed by atoms with E-state index in [4.69, 9.17) is 0 Å². The minimum absolute atomic E-state index is 0.752. The van der Waals surface area contributed by atoms with Crippen LogP contribution < -0.4 is 0 Å². The lowest BCUT2D eigenvalue weighted by atomic mass is 9.95. The molecule has 0 atom stereocenters. The largest absolute Gasteiger partial charge is 0.190 e. The zero-order chi connectivity index (χ0) is 12.4. The van der Waals surface area contributed by atoms with Crippen molar-refractivity contribution in [1.82, 2.24) is 0 Å². The van der Waals surface area contributed by atoms with Crippen molar-refractivity contribution in [2.45, 2.75) is 47.5 Å². The number of hydrogen-bond donors (Lipinski definition) is 0. The molecule has 2 heteroatoms. The van der Waals surface area contributed by atoms with E-state index in [-0.39, 0.29) is 0 Å². The van der Waals surface area contributed by atoms with E-state index in [2.05, 4.69) is 36.2 Å². The van der Waals surface area contributed by atoms with E-state index >= 15 is 0 Å². The predicted molar refractivity (Wildman–Crippen MR) is 71.6 cm³/mol. The number of hydrogen-bond acceptors (Lipinski definition) is 2. The van der Waals surface area contributed by atoms with Crippen LogP contribution in [0.15, 0.2) is 45.3 Å². The Labute approximate surface area is 99.9 Å². The Morgan fingerprint density at radius 2 is 2.00 bits per heavy atom. The summed E-state index contributed by atoms with van der Waals surface area (Å²) in [6.07, 6.45) is 8.53. The summed E-state index contributed by atoms with van der Waals surface area (Å²) >= 11 is 0. The molecule has 0 heterocycles. The second-order valence-electron chi connectivity index (χ2n) is 3.59. The monoisotopic (exact) mass is 220 g/mol. The van der Waals surface area contributed by atoms with Gasteiger partial charge in [0.1, 0.15) is 0 Å². The molecule has 1 aliphatic carbocycles. The molecule has 0 radical (unpaired) electrons. The van der Waals surface area contributed by atoms with Crippen LogP contribution in [0, 0.1) is 0 Å². The van der Waals surface area contributed by atoms with Crippen molar-refractivity contribution in [3.63, 3.8) is 0 Å². The van der Waals surface area contributed by atoms with Crippen molar-refractivity contribution >= 4 is 0 Å². The molecule has 2 nitrogen and oxygen atoms in total. The summed E-state index contributed by atoms with van der Waals surface area (Å²) in [7, 11) is 0. The fourth-order valence-corrected chi connectivity index (χ4v) is 1.36. The summed E-state index contributed by atoms with van der Waals surface area (Å²) < 4.78 is 0. The van der Waals surface area contributed by atoms with Crippen LogP contribution >= 0.6 is 0 Å². The zero-order valence-electron chi connectivity index (χ0n) is 11.2. The molecule has 0 amide bonds. The molecular weight excluding hydrogens is 196 g/mol. The summed E-state index contributed by atoms with van der Waals surface area (Å²) in [6, 6.07) is 0. The van der Waals surface area contributed by atoms with Crippen LogP contribution in [-0.2, 0) is 0 Å². The molecule has 0 saturated carbocycles. The van der Waals surface area contributed by atoms with Gasteiger partial charge in [0, 0.05) is 0 Å². The van der Waals surface area contributed by atoms with E-state index in [1.54, 1.807) is 0 Å². The van der Waals surface area contributed by atoms with Crippen LogP contribution in [0.3, 0.4) is 0 Å². The fraction of sp³-hybridized carbons (Fsp3) is 0.571. The van der Waals surface area contributed by atoms with Gasteiger partial charge in [0.05, 0.1) is 12.7 Å². The van der Waals surface area contributed by atoms with Gasteiger partial charge in [-0.1, -0.05) is 31.6 Å². The highest BCUT2D eigenvalue weighted by Gasteiger charge is 2.04. The molecule has 0 saturated heterocycles. The number of azo groups is 1. The van der Waals surface area contributed by atoms with Gasteiger partial charge in [0.15, 0.2) is 0 Å². The maximum atomic E-state index is 3.99. The van der Waals surface area contributed by atoms with Gasteiger partial charge in [0.2, 0.25) is 0 Å². The fourth-order valence-electron chi connectivity index (χ4n) is 1.36. The van der Waals surface area contributed by atoms with Gasteiger partial charge in [0.25, 0.3) is 0 Å². The molecule has 0 unspecified atom stereocenters. The second kappa shape index (κ2) is 9.08. The van der Waals surface area contributed by atoms with Crippen molar-refractivity contribution in [2.24, 2.45) is 10.2 Å². The molecule has 0 aromatic carbocycles.